The van der Waals surface area contributed by atoms with E-state index in [1.807, 2.05) is 24.4 Å². The highest BCUT2D eigenvalue weighted by Gasteiger charge is 2.46. The second-order valence-electron chi connectivity index (χ2n) is 8.82. The number of amides is 1. The third-order valence-electron chi connectivity index (χ3n) is 6.72. The molecular formula is C29H25N3O6. The first-order valence-electron chi connectivity index (χ1n) is 11.9. The number of ether oxygens (including phenoxy) is 2. The van der Waals surface area contributed by atoms with E-state index in [9.17, 15) is 19.5 Å². The number of carbonyl (C=O) groups is 3. The number of benzene rings is 2. The second-order valence-corrected chi connectivity index (χ2v) is 8.82. The average molecular weight is 512 g/mol. The number of nitrogens with zero attached hydrogens (tertiary/aromatic N) is 2. The summed E-state index contributed by atoms with van der Waals surface area (Å²) in [6, 6.07) is 14.5. The number of esters is 1. The summed E-state index contributed by atoms with van der Waals surface area (Å²) in [5, 5.41) is 12.1. The van der Waals surface area contributed by atoms with Crippen molar-refractivity contribution in [2.24, 2.45) is 0 Å². The molecular weight excluding hydrogens is 486 g/mol. The zero-order valence-electron chi connectivity index (χ0n) is 20.8. The fraction of sp³-hybridized carbons (Fsp3) is 0.172. The molecule has 192 valence electrons. The third-order valence-corrected chi connectivity index (χ3v) is 6.72. The summed E-state index contributed by atoms with van der Waals surface area (Å²) in [5.74, 6) is -1.57. The molecule has 0 radical (unpaired) electrons. The summed E-state index contributed by atoms with van der Waals surface area (Å²) >= 11 is 0. The predicted molar refractivity (Wildman–Crippen MR) is 140 cm³/mol. The Bertz CT molecular complexity index is 1560. The Kier molecular flexibility index (Phi) is 6.66. The number of aliphatic hydroxyl groups excluding tert-OH is 1. The quantitative estimate of drug-likeness (QED) is 0.166. The number of carbonyl (C=O) groups excluding carboxylic acids is 3. The van der Waals surface area contributed by atoms with Crippen LogP contribution in [0.4, 0.5) is 0 Å². The molecule has 2 aromatic heterocycles. The number of aliphatic hydroxyl groups is 1. The first-order valence-corrected chi connectivity index (χ1v) is 11.9. The van der Waals surface area contributed by atoms with E-state index in [2.05, 4.69) is 9.97 Å². The summed E-state index contributed by atoms with van der Waals surface area (Å²) in [7, 11) is 2.89. The number of methoxy groups -OCH3 is 2. The van der Waals surface area contributed by atoms with Crippen LogP contribution in [0.3, 0.4) is 0 Å². The summed E-state index contributed by atoms with van der Waals surface area (Å²) in [6.45, 7) is 0.219. The third kappa shape index (κ3) is 4.39. The van der Waals surface area contributed by atoms with Crippen molar-refractivity contribution in [2.45, 2.75) is 12.5 Å². The minimum Gasteiger partial charge on any atom is -0.507 e. The topological polar surface area (TPSA) is 122 Å². The van der Waals surface area contributed by atoms with Gasteiger partial charge in [0, 0.05) is 47.7 Å². The SMILES string of the molecule is COC(=O)c1ccc(C2/C(=C(\O)c3cccnc3)C(=O)C(=O)N2CCc2c[nH]c3cc(OC)ccc23)cc1. The molecule has 9 nitrogen and oxygen atoms in total. The van der Waals surface area contributed by atoms with E-state index in [0.29, 0.717) is 23.1 Å². The number of Topliss-reactive ketones (excluding diaryl/α,β-unsaturated/α-hetero) is 1. The molecule has 0 spiro atoms. The maximum Gasteiger partial charge on any atom is 0.337 e. The van der Waals surface area contributed by atoms with Gasteiger partial charge in [-0.05, 0) is 53.9 Å². The van der Waals surface area contributed by atoms with Crippen molar-refractivity contribution >= 4 is 34.3 Å². The standard InChI is InChI=1S/C29H25N3O6/c1-37-21-9-10-22-19(16-31-23(22)14-21)11-13-32-25(17-5-7-18(8-6-17)29(36)38-2)24(27(34)28(32)35)26(33)20-4-3-12-30-15-20/h3-10,12,14-16,25,31,33H,11,13H2,1-2H3/b26-24+. The Morgan fingerprint density at radius 2 is 1.87 bits per heavy atom. The largest absolute Gasteiger partial charge is 0.507 e. The Morgan fingerprint density at radius 3 is 2.55 bits per heavy atom. The van der Waals surface area contributed by atoms with Gasteiger partial charge >= 0.3 is 5.97 Å². The van der Waals surface area contributed by atoms with Crippen molar-refractivity contribution in [3.05, 3.63) is 101 Å². The van der Waals surface area contributed by atoms with Gasteiger partial charge in [0.1, 0.15) is 11.5 Å². The molecule has 38 heavy (non-hydrogen) atoms. The number of fused-ring (bicyclic) bond motifs is 1. The zero-order chi connectivity index (χ0) is 26.8. The molecule has 9 heteroatoms. The maximum absolute atomic E-state index is 13.3. The lowest BCUT2D eigenvalue weighted by Crippen LogP contribution is -2.31. The Hall–Kier alpha value is -4.92. The fourth-order valence-corrected chi connectivity index (χ4v) is 4.78. The van der Waals surface area contributed by atoms with E-state index < -0.39 is 23.7 Å². The van der Waals surface area contributed by atoms with Gasteiger partial charge in [-0.3, -0.25) is 14.6 Å². The van der Waals surface area contributed by atoms with Gasteiger partial charge in [0.05, 0.1) is 31.4 Å². The Morgan fingerprint density at radius 1 is 1.08 bits per heavy atom. The van der Waals surface area contributed by atoms with Gasteiger partial charge in [-0.1, -0.05) is 12.1 Å². The molecule has 1 atom stereocenters. The van der Waals surface area contributed by atoms with Crippen LogP contribution in [0.25, 0.3) is 16.7 Å². The van der Waals surface area contributed by atoms with E-state index in [1.165, 1.54) is 18.2 Å². The number of rotatable bonds is 7. The lowest BCUT2D eigenvalue weighted by atomic mass is 9.95. The zero-order valence-corrected chi connectivity index (χ0v) is 20.8. The van der Waals surface area contributed by atoms with Gasteiger partial charge in [0.25, 0.3) is 11.7 Å². The van der Waals surface area contributed by atoms with Crippen molar-refractivity contribution in [2.75, 3.05) is 20.8 Å². The number of pyridine rings is 1. The Balaban J connectivity index is 1.54. The van der Waals surface area contributed by atoms with Gasteiger partial charge < -0.3 is 24.5 Å². The molecule has 1 aliphatic rings. The van der Waals surface area contributed by atoms with Crippen molar-refractivity contribution < 1.29 is 29.0 Å². The average Bonchev–Trinajstić information content (AvgIpc) is 3.48. The monoisotopic (exact) mass is 511 g/mol. The fourth-order valence-electron chi connectivity index (χ4n) is 4.78. The number of ketones is 1. The number of likely N-dealkylation sites (tertiary alicyclic amines) is 1. The number of hydrogen-bond acceptors (Lipinski definition) is 7. The molecule has 3 heterocycles. The molecule has 4 aromatic rings. The van der Waals surface area contributed by atoms with Crippen LogP contribution in [0, 0.1) is 0 Å². The van der Waals surface area contributed by atoms with Crippen LogP contribution in [-0.2, 0) is 20.7 Å². The molecule has 2 aromatic carbocycles. The summed E-state index contributed by atoms with van der Waals surface area (Å²) in [6.07, 6.45) is 5.31. The van der Waals surface area contributed by atoms with E-state index in [0.717, 1.165) is 22.2 Å². The molecule has 5 rings (SSSR count). The number of nitrogens with one attached hydrogen (secondary N) is 1. The summed E-state index contributed by atoms with van der Waals surface area (Å²) in [4.78, 5) is 47.2. The lowest BCUT2D eigenvalue weighted by molar-refractivity contribution is -0.139. The van der Waals surface area contributed by atoms with Gasteiger partial charge in [0.15, 0.2) is 0 Å². The second kappa shape index (κ2) is 10.2. The highest BCUT2D eigenvalue weighted by Crippen LogP contribution is 2.39. The van der Waals surface area contributed by atoms with Gasteiger partial charge in [0.2, 0.25) is 0 Å². The van der Waals surface area contributed by atoms with Crippen LogP contribution >= 0.6 is 0 Å². The molecule has 1 aliphatic heterocycles. The van der Waals surface area contributed by atoms with Crippen molar-refractivity contribution in [1.29, 1.82) is 0 Å². The molecule has 0 saturated carbocycles. The molecule has 1 amide bonds. The highest BCUT2D eigenvalue weighted by atomic mass is 16.5. The van der Waals surface area contributed by atoms with Gasteiger partial charge in [-0.2, -0.15) is 0 Å². The molecule has 1 saturated heterocycles. The molecule has 0 bridgehead atoms. The number of H-pyrrole nitrogens is 1. The normalized spacial score (nSPS) is 16.7. The number of hydrogen-bond donors (Lipinski definition) is 2. The number of aromatic nitrogens is 2. The van der Waals surface area contributed by atoms with Crippen molar-refractivity contribution in [3.63, 3.8) is 0 Å². The van der Waals surface area contributed by atoms with Crippen LogP contribution < -0.4 is 4.74 Å². The highest BCUT2D eigenvalue weighted by molar-refractivity contribution is 6.46. The van der Waals surface area contributed by atoms with Gasteiger partial charge in [-0.15, -0.1) is 0 Å². The van der Waals surface area contributed by atoms with Gasteiger partial charge in [-0.25, -0.2) is 4.79 Å². The van der Waals surface area contributed by atoms with Crippen LogP contribution in [0.2, 0.25) is 0 Å². The molecule has 1 fully saturated rings. The number of aromatic amines is 1. The minimum absolute atomic E-state index is 0.0301. The van der Waals surface area contributed by atoms with E-state index in [4.69, 9.17) is 9.47 Å². The smallest absolute Gasteiger partial charge is 0.337 e. The summed E-state index contributed by atoms with van der Waals surface area (Å²) < 4.78 is 10.1. The minimum atomic E-state index is -0.854. The molecule has 0 aliphatic carbocycles. The first-order chi connectivity index (χ1) is 18.4. The lowest BCUT2D eigenvalue weighted by Gasteiger charge is -2.25. The van der Waals surface area contributed by atoms with Crippen LogP contribution in [-0.4, -0.2) is 58.4 Å². The van der Waals surface area contributed by atoms with Crippen LogP contribution in [0.5, 0.6) is 5.75 Å². The first kappa shape index (κ1) is 24.8. The summed E-state index contributed by atoms with van der Waals surface area (Å²) in [5.41, 5.74) is 3.06. The van der Waals surface area contributed by atoms with Crippen molar-refractivity contribution in [3.8, 4) is 5.75 Å². The Labute approximate surface area is 218 Å². The van der Waals surface area contributed by atoms with Crippen molar-refractivity contribution in [1.82, 2.24) is 14.9 Å². The molecule has 1 unspecified atom stereocenters. The van der Waals surface area contributed by atoms with E-state index in [-0.39, 0.29) is 17.9 Å². The predicted octanol–water partition coefficient (Wildman–Crippen LogP) is 4.02. The van der Waals surface area contributed by atoms with E-state index >= 15 is 0 Å². The van der Waals surface area contributed by atoms with E-state index in [1.54, 1.807) is 49.7 Å². The molecule has 2 N–H and O–H groups in total. The maximum atomic E-state index is 13.3. The van der Waals surface area contributed by atoms with Crippen LogP contribution in [0.1, 0.15) is 33.1 Å². The van der Waals surface area contributed by atoms with Crippen LogP contribution in [0.15, 0.2) is 78.8 Å².